The van der Waals surface area contributed by atoms with Gasteiger partial charge in [-0.15, -0.1) is 0 Å². The van der Waals surface area contributed by atoms with Crippen LogP contribution in [0, 0.1) is 0 Å². The van der Waals surface area contributed by atoms with Gasteiger partial charge >= 0.3 is 5.97 Å². The Morgan fingerprint density at radius 2 is 1.76 bits per heavy atom. The van der Waals surface area contributed by atoms with Gasteiger partial charge in [0.2, 0.25) is 0 Å². The first-order valence-electron chi connectivity index (χ1n) is 5.66. The molecule has 0 unspecified atom stereocenters. The van der Waals surface area contributed by atoms with Crippen LogP contribution in [0.3, 0.4) is 0 Å². The molecule has 0 saturated heterocycles. The quantitative estimate of drug-likeness (QED) is 0.701. The van der Waals surface area contributed by atoms with Gasteiger partial charge in [-0.05, 0) is 56.1 Å². The Morgan fingerprint density at radius 3 is 2.38 bits per heavy atom. The fourth-order valence-corrected chi connectivity index (χ4v) is 2.79. The Kier molecular flexibility index (Phi) is 5.13. The number of hydrogen-bond acceptors (Lipinski definition) is 3. The highest BCUT2D eigenvalue weighted by molar-refractivity contribution is 9.11. The fraction of sp³-hybridized carbons (Fsp3) is 0.0714. The smallest absolute Gasteiger partial charge is 0.341 e. The zero-order chi connectivity index (χ0) is 15.6. The van der Waals surface area contributed by atoms with Crippen molar-refractivity contribution in [1.29, 1.82) is 0 Å². The number of aromatic carboxylic acids is 1. The zero-order valence-electron chi connectivity index (χ0n) is 10.7. The fourth-order valence-electron chi connectivity index (χ4n) is 1.66. The summed E-state index contributed by atoms with van der Waals surface area (Å²) in [5, 5.41) is 9.34. The average Bonchev–Trinajstić information content (AvgIpc) is 2.42. The Labute approximate surface area is 142 Å². The zero-order valence-corrected chi connectivity index (χ0v) is 14.6. The number of methoxy groups -OCH3 is 1. The van der Waals surface area contributed by atoms with Crippen LogP contribution in [-0.4, -0.2) is 18.2 Å². The number of carbonyl (C=O) groups is 1. The SMILES string of the molecule is COc1cc(Br)c(Oc2cccc(Cl)c2C(=O)O)cc1Br. The van der Waals surface area contributed by atoms with E-state index in [2.05, 4.69) is 31.9 Å². The van der Waals surface area contributed by atoms with Gasteiger partial charge in [0, 0.05) is 0 Å². The van der Waals surface area contributed by atoms with Gasteiger partial charge in [0.25, 0.3) is 0 Å². The molecule has 0 amide bonds. The third-order valence-electron chi connectivity index (χ3n) is 2.62. The van der Waals surface area contributed by atoms with Gasteiger partial charge in [-0.2, -0.15) is 0 Å². The number of benzene rings is 2. The van der Waals surface area contributed by atoms with Crippen LogP contribution < -0.4 is 9.47 Å². The predicted octanol–water partition coefficient (Wildman–Crippen LogP) is 5.36. The topological polar surface area (TPSA) is 55.8 Å². The Balaban J connectivity index is 2.46. The van der Waals surface area contributed by atoms with E-state index in [0.29, 0.717) is 20.4 Å². The predicted molar refractivity (Wildman–Crippen MR) is 86.9 cm³/mol. The van der Waals surface area contributed by atoms with Crippen molar-refractivity contribution in [3.05, 3.63) is 49.9 Å². The molecule has 0 spiro atoms. The van der Waals surface area contributed by atoms with Crippen molar-refractivity contribution in [1.82, 2.24) is 0 Å². The number of hydrogen-bond donors (Lipinski definition) is 1. The number of halogens is 3. The molecular formula is C14H9Br2ClO4. The highest BCUT2D eigenvalue weighted by Crippen LogP contribution is 2.39. The van der Waals surface area contributed by atoms with Crippen molar-refractivity contribution in [2.45, 2.75) is 0 Å². The summed E-state index contributed by atoms with van der Waals surface area (Å²) in [6.45, 7) is 0. The van der Waals surface area contributed by atoms with Gasteiger partial charge in [0.1, 0.15) is 22.8 Å². The molecule has 0 bridgehead atoms. The van der Waals surface area contributed by atoms with E-state index in [0.717, 1.165) is 0 Å². The van der Waals surface area contributed by atoms with Gasteiger partial charge < -0.3 is 14.6 Å². The average molecular weight is 436 g/mol. The second-order valence-corrected chi connectivity index (χ2v) is 6.05. The van der Waals surface area contributed by atoms with E-state index in [9.17, 15) is 9.90 Å². The van der Waals surface area contributed by atoms with Crippen LogP contribution in [0.4, 0.5) is 0 Å². The number of carboxylic acid groups (broad SMARTS) is 1. The molecule has 0 aliphatic rings. The van der Waals surface area contributed by atoms with E-state index >= 15 is 0 Å². The van der Waals surface area contributed by atoms with Gasteiger partial charge in [-0.3, -0.25) is 0 Å². The van der Waals surface area contributed by atoms with Crippen LogP contribution in [0.15, 0.2) is 39.3 Å². The Morgan fingerprint density at radius 1 is 1.14 bits per heavy atom. The number of ether oxygens (including phenoxy) is 2. The summed E-state index contributed by atoms with van der Waals surface area (Å²) in [5.74, 6) is 0.0679. The van der Waals surface area contributed by atoms with Gasteiger partial charge in [-0.25, -0.2) is 4.79 Å². The minimum Gasteiger partial charge on any atom is -0.496 e. The van der Waals surface area contributed by atoms with Crippen LogP contribution in [0.25, 0.3) is 0 Å². The van der Waals surface area contributed by atoms with E-state index in [-0.39, 0.29) is 16.3 Å². The van der Waals surface area contributed by atoms with Crippen molar-refractivity contribution >= 4 is 49.4 Å². The molecule has 110 valence electrons. The Bertz CT molecular complexity index is 704. The summed E-state index contributed by atoms with van der Waals surface area (Å²) in [4.78, 5) is 11.3. The number of rotatable bonds is 4. The molecule has 0 aromatic heterocycles. The lowest BCUT2D eigenvalue weighted by molar-refractivity contribution is 0.0694. The molecule has 4 nitrogen and oxygen atoms in total. The molecule has 1 N–H and O–H groups in total. The minimum absolute atomic E-state index is 0.0852. The molecule has 2 aromatic rings. The van der Waals surface area contributed by atoms with Crippen LogP contribution in [0.2, 0.25) is 5.02 Å². The first-order valence-corrected chi connectivity index (χ1v) is 7.63. The van der Waals surface area contributed by atoms with E-state index in [1.807, 2.05) is 0 Å². The molecule has 7 heteroatoms. The lowest BCUT2D eigenvalue weighted by atomic mass is 10.2. The van der Waals surface area contributed by atoms with Crippen molar-refractivity contribution in [3.8, 4) is 17.2 Å². The van der Waals surface area contributed by atoms with Crippen LogP contribution >= 0.6 is 43.5 Å². The molecule has 0 heterocycles. The Hall–Kier alpha value is -1.24. The highest BCUT2D eigenvalue weighted by atomic mass is 79.9. The maximum Gasteiger partial charge on any atom is 0.341 e. The summed E-state index contributed by atoms with van der Waals surface area (Å²) < 4.78 is 12.1. The van der Waals surface area contributed by atoms with Crippen LogP contribution in [-0.2, 0) is 0 Å². The first kappa shape index (κ1) is 16.1. The molecule has 2 rings (SSSR count). The molecule has 21 heavy (non-hydrogen) atoms. The number of carboxylic acids is 1. The molecule has 0 aliphatic heterocycles. The van der Waals surface area contributed by atoms with Crippen molar-refractivity contribution in [2.75, 3.05) is 7.11 Å². The lowest BCUT2D eigenvalue weighted by Gasteiger charge is -2.13. The third-order valence-corrected chi connectivity index (χ3v) is 4.17. The van der Waals surface area contributed by atoms with Gasteiger partial charge in [0.15, 0.2) is 0 Å². The molecule has 0 aliphatic carbocycles. The molecule has 2 aromatic carbocycles. The van der Waals surface area contributed by atoms with Crippen LogP contribution in [0.1, 0.15) is 10.4 Å². The standard InChI is InChI=1S/C14H9Br2ClO4/c1-20-11-5-8(16)12(6-7(11)15)21-10-4-2-3-9(17)13(10)14(18)19/h2-6H,1H3,(H,18,19). The molecule has 0 atom stereocenters. The third kappa shape index (κ3) is 3.51. The summed E-state index contributed by atoms with van der Waals surface area (Å²) in [7, 11) is 1.55. The lowest BCUT2D eigenvalue weighted by Crippen LogP contribution is -2.01. The monoisotopic (exact) mass is 434 g/mol. The maximum absolute atomic E-state index is 11.3. The molecule has 0 saturated carbocycles. The second-order valence-electron chi connectivity index (χ2n) is 3.94. The van der Waals surface area contributed by atoms with Crippen molar-refractivity contribution in [2.24, 2.45) is 0 Å². The van der Waals surface area contributed by atoms with E-state index < -0.39 is 5.97 Å². The molecular weight excluding hydrogens is 427 g/mol. The maximum atomic E-state index is 11.3. The summed E-state index contributed by atoms with van der Waals surface area (Å²) in [6.07, 6.45) is 0. The first-order chi connectivity index (χ1) is 9.93. The second kappa shape index (κ2) is 6.68. The van der Waals surface area contributed by atoms with E-state index in [1.165, 1.54) is 6.07 Å². The summed E-state index contributed by atoms with van der Waals surface area (Å²) >= 11 is 12.6. The largest absolute Gasteiger partial charge is 0.496 e. The minimum atomic E-state index is -1.15. The normalized spacial score (nSPS) is 10.3. The summed E-state index contributed by atoms with van der Waals surface area (Å²) in [5.41, 5.74) is -0.0852. The van der Waals surface area contributed by atoms with Gasteiger partial charge in [-0.1, -0.05) is 17.7 Å². The summed E-state index contributed by atoms with van der Waals surface area (Å²) in [6, 6.07) is 8.05. The molecule has 0 radical (unpaired) electrons. The van der Waals surface area contributed by atoms with Crippen LogP contribution in [0.5, 0.6) is 17.2 Å². The van der Waals surface area contributed by atoms with Crippen molar-refractivity contribution < 1.29 is 19.4 Å². The van der Waals surface area contributed by atoms with E-state index in [1.54, 1.807) is 31.4 Å². The molecule has 0 fully saturated rings. The van der Waals surface area contributed by atoms with Crippen molar-refractivity contribution in [3.63, 3.8) is 0 Å². The highest BCUT2D eigenvalue weighted by Gasteiger charge is 2.18. The van der Waals surface area contributed by atoms with Gasteiger partial charge in [0.05, 0.1) is 21.1 Å². The van der Waals surface area contributed by atoms with E-state index in [4.69, 9.17) is 21.1 Å².